The summed E-state index contributed by atoms with van der Waals surface area (Å²) < 4.78 is 67.2. The van der Waals surface area contributed by atoms with Crippen LogP contribution in [0.4, 0.5) is 18.9 Å². The number of anilines is 1. The molecule has 3 aliphatic carbocycles. The van der Waals surface area contributed by atoms with E-state index in [0.29, 0.717) is 5.69 Å². The highest BCUT2D eigenvalue weighted by atomic mass is 32.2. The number of halogens is 3. The van der Waals surface area contributed by atoms with Gasteiger partial charge in [0.1, 0.15) is 0 Å². The van der Waals surface area contributed by atoms with E-state index >= 15 is 0 Å². The van der Waals surface area contributed by atoms with E-state index in [1.807, 2.05) is 0 Å². The van der Waals surface area contributed by atoms with Crippen LogP contribution in [0.3, 0.4) is 0 Å². The number of primary amides is 1. The van der Waals surface area contributed by atoms with E-state index in [4.69, 9.17) is 5.73 Å². The first kappa shape index (κ1) is 29.6. The summed E-state index contributed by atoms with van der Waals surface area (Å²) in [6.45, 7) is 0. The molecule has 0 bridgehead atoms. The van der Waals surface area contributed by atoms with Crippen molar-refractivity contribution in [3.05, 3.63) is 23.3 Å². The number of nitrogens with zero attached hydrogens (tertiary/aromatic N) is 2. The normalized spacial score (nSPS) is 30.5. The SMILES string of the molecule is CN(C)c1ccc(OS(=O)(=O)C(F)(F)F)c2c1CC1CC3C(N(C)C)C(=O)C(C(N)=O)C(=O)C3(O)C(=O)C1C2=O. The molecule has 40 heavy (non-hydrogen) atoms. The predicted molar refractivity (Wildman–Crippen MR) is 130 cm³/mol. The number of hydrogen-bond donors (Lipinski definition) is 2. The summed E-state index contributed by atoms with van der Waals surface area (Å²) in [5, 5.41) is 11.6. The van der Waals surface area contributed by atoms with Crippen molar-refractivity contribution in [2.75, 3.05) is 33.1 Å². The lowest BCUT2D eigenvalue weighted by molar-refractivity contribution is -0.181. The zero-order valence-electron chi connectivity index (χ0n) is 21.7. The lowest BCUT2D eigenvalue weighted by Gasteiger charge is -2.52. The summed E-state index contributed by atoms with van der Waals surface area (Å²) in [5.74, 6) is -13.6. The lowest BCUT2D eigenvalue weighted by Crippen LogP contribution is -2.74. The third kappa shape index (κ3) is 4.11. The fourth-order valence-electron chi connectivity index (χ4n) is 6.23. The van der Waals surface area contributed by atoms with Crippen LogP contribution in [0.5, 0.6) is 5.75 Å². The Labute approximate surface area is 226 Å². The molecule has 2 saturated carbocycles. The van der Waals surface area contributed by atoms with Gasteiger partial charge in [-0.25, -0.2) is 0 Å². The van der Waals surface area contributed by atoms with Gasteiger partial charge in [0.25, 0.3) is 0 Å². The Kier molecular flexibility index (Phi) is 6.92. The average molecular weight is 590 g/mol. The Hall–Kier alpha value is -3.37. The number of amides is 1. The molecule has 6 atom stereocenters. The molecule has 12 nitrogen and oxygen atoms in total. The number of Topliss-reactive ketones (excluding diaryl/α,β-unsaturated/α-hetero) is 4. The minimum atomic E-state index is -6.21. The van der Waals surface area contributed by atoms with Crippen LogP contribution in [0.25, 0.3) is 0 Å². The molecule has 1 amide bonds. The maximum atomic E-state index is 13.8. The van der Waals surface area contributed by atoms with Gasteiger partial charge < -0.3 is 19.9 Å². The van der Waals surface area contributed by atoms with E-state index in [1.54, 1.807) is 14.1 Å². The first-order chi connectivity index (χ1) is 18.3. The number of alkyl halides is 3. The van der Waals surface area contributed by atoms with Crippen LogP contribution < -0.4 is 14.8 Å². The number of benzene rings is 1. The molecule has 0 spiro atoms. The molecule has 1 aromatic rings. The Morgan fingerprint density at radius 1 is 1.10 bits per heavy atom. The number of ketones is 4. The minimum absolute atomic E-state index is 0.0919. The maximum absolute atomic E-state index is 13.8. The third-order valence-corrected chi connectivity index (χ3v) is 8.83. The summed E-state index contributed by atoms with van der Waals surface area (Å²) in [5.41, 5.74) is -3.76. The smallest absolute Gasteiger partial charge is 0.377 e. The number of hydrogen-bond acceptors (Lipinski definition) is 11. The molecule has 3 N–H and O–H groups in total. The van der Waals surface area contributed by atoms with Crippen molar-refractivity contribution < 1.29 is 54.9 Å². The van der Waals surface area contributed by atoms with Gasteiger partial charge in [0.15, 0.2) is 40.4 Å². The molecule has 0 aromatic heterocycles. The quantitative estimate of drug-likeness (QED) is 0.256. The van der Waals surface area contributed by atoms with Crippen molar-refractivity contribution in [2.24, 2.45) is 29.4 Å². The van der Waals surface area contributed by atoms with Crippen LogP contribution in [0.1, 0.15) is 22.3 Å². The van der Waals surface area contributed by atoms with Crippen LogP contribution in [0.15, 0.2) is 12.1 Å². The zero-order valence-corrected chi connectivity index (χ0v) is 22.5. The second kappa shape index (κ2) is 9.34. The largest absolute Gasteiger partial charge is 0.534 e. The van der Waals surface area contributed by atoms with Gasteiger partial charge in [0.05, 0.1) is 17.5 Å². The molecular formula is C24H26F3N3O9S. The monoisotopic (exact) mass is 589 g/mol. The van der Waals surface area contributed by atoms with E-state index in [2.05, 4.69) is 4.18 Å². The van der Waals surface area contributed by atoms with Crippen LogP contribution in [-0.2, 0) is 35.7 Å². The predicted octanol–water partition coefficient (Wildman–Crippen LogP) is -0.544. The third-order valence-electron chi connectivity index (χ3n) is 7.87. The van der Waals surface area contributed by atoms with Gasteiger partial charge in [0.2, 0.25) is 5.91 Å². The second-order valence-electron chi connectivity index (χ2n) is 10.6. The molecule has 3 aliphatic rings. The van der Waals surface area contributed by atoms with Crippen molar-refractivity contribution >= 4 is 44.8 Å². The number of carbonyl (C=O) groups is 5. The highest BCUT2D eigenvalue weighted by Crippen LogP contribution is 2.52. The highest BCUT2D eigenvalue weighted by Gasteiger charge is 2.69. The molecule has 218 valence electrons. The molecule has 0 heterocycles. The first-order valence-corrected chi connectivity index (χ1v) is 13.4. The van der Waals surface area contributed by atoms with Crippen LogP contribution in [0, 0.1) is 23.7 Å². The molecule has 1 aromatic carbocycles. The summed E-state index contributed by atoms with van der Waals surface area (Å²) in [6.07, 6.45) is -0.398. The zero-order chi connectivity index (χ0) is 30.3. The fraction of sp³-hybridized carbons (Fsp3) is 0.542. The summed E-state index contributed by atoms with van der Waals surface area (Å²) in [6, 6.07) is 0.792. The first-order valence-electron chi connectivity index (χ1n) is 12.0. The summed E-state index contributed by atoms with van der Waals surface area (Å²) in [7, 11) is -0.216. The van der Waals surface area contributed by atoms with E-state index < -0.39 is 91.3 Å². The van der Waals surface area contributed by atoms with Crippen molar-refractivity contribution in [1.82, 2.24) is 4.90 Å². The van der Waals surface area contributed by atoms with Crippen molar-refractivity contribution in [2.45, 2.75) is 30.0 Å². The molecule has 16 heteroatoms. The summed E-state index contributed by atoms with van der Waals surface area (Å²) >= 11 is 0. The van der Waals surface area contributed by atoms with Crippen molar-refractivity contribution in [3.8, 4) is 5.75 Å². The number of rotatable bonds is 5. The maximum Gasteiger partial charge on any atom is 0.534 e. The van der Waals surface area contributed by atoms with Crippen LogP contribution >= 0.6 is 0 Å². The molecular weight excluding hydrogens is 563 g/mol. The number of fused-ring (bicyclic) bond motifs is 3. The van der Waals surface area contributed by atoms with Gasteiger partial charge in [-0.15, -0.1) is 0 Å². The van der Waals surface area contributed by atoms with Gasteiger partial charge in [-0.2, -0.15) is 21.6 Å². The Bertz CT molecular complexity index is 1460. The number of likely N-dealkylation sites (N-methyl/N-ethyl adjacent to an activating group) is 1. The highest BCUT2D eigenvalue weighted by molar-refractivity contribution is 7.88. The lowest BCUT2D eigenvalue weighted by atomic mass is 9.52. The van der Waals surface area contributed by atoms with E-state index in [1.165, 1.54) is 30.0 Å². The van der Waals surface area contributed by atoms with Gasteiger partial charge in [0, 0.05) is 25.7 Å². The molecule has 0 radical (unpaired) electrons. The average Bonchev–Trinajstić information content (AvgIpc) is 2.79. The van der Waals surface area contributed by atoms with Crippen molar-refractivity contribution in [1.29, 1.82) is 0 Å². The fourth-order valence-corrected chi connectivity index (χ4v) is 6.70. The van der Waals surface area contributed by atoms with Gasteiger partial charge in [-0.3, -0.25) is 28.9 Å². The number of nitrogens with two attached hydrogens (primary N) is 1. The Morgan fingerprint density at radius 3 is 2.20 bits per heavy atom. The minimum Gasteiger partial charge on any atom is -0.377 e. The number of aliphatic hydroxyl groups is 1. The topological polar surface area (TPSA) is 181 Å². The van der Waals surface area contributed by atoms with Gasteiger partial charge in [-0.1, -0.05) is 0 Å². The van der Waals surface area contributed by atoms with Gasteiger partial charge >= 0.3 is 15.6 Å². The Balaban J connectivity index is 1.91. The van der Waals surface area contributed by atoms with E-state index in [9.17, 15) is 50.7 Å². The Morgan fingerprint density at radius 2 is 1.70 bits per heavy atom. The van der Waals surface area contributed by atoms with Gasteiger partial charge in [-0.05, 0) is 50.6 Å². The number of carbonyl (C=O) groups excluding carboxylic acids is 5. The summed E-state index contributed by atoms with van der Waals surface area (Å²) in [4.78, 5) is 69.0. The van der Waals surface area contributed by atoms with Crippen LogP contribution in [0.2, 0.25) is 0 Å². The molecule has 6 unspecified atom stereocenters. The van der Waals surface area contributed by atoms with E-state index in [0.717, 1.165) is 6.07 Å². The standard InChI is InChI=1S/C24H26F3N3O9S/c1-29(2)12-5-6-13(39-40(37,38)24(25,26)27)15-10(12)7-9-8-11-17(30(3)4)19(32)16(22(28)35)21(34)23(11,36)20(33)14(9)18(15)31/h5-6,9,11,14,16-17,36H,7-8H2,1-4H3,(H2,28,35). The molecule has 0 saturated heterocycles. The van der Waals surface area contributed by atoms with E-state index in [-0.39, 0.29) is 18.4 Å². The van der Waals surface area contributed by atoms with Crippen molar-refractivity contribution in [3.63, 3.8) is 0 Å². The molecule has 2 fully saturated rings. The molecule has 0 aliphatic heterocycles. The van der Waals surface area contributed by atoms with Crippen LogP contribution in [-0.4, -0.2) is 92.8 Å². The molecule has 4 rings (SSSR count). The second-order valence-corrected chi connectivity index (χ2v) is 12.1.